The summed E-state index contributed by atoms with van der Waals surface area (Å²) in [4.78, 5) is 4.23. The van der Waals surface area contributed by atoms with E-state index in [0.717, 1.165) is 11.3 Å². The molecular weight excluding hydrogens is 269 g/mol. The Morgan fingerprint density at radius 2 is 1.95 bits per heavy atom. The molecule has 0 unspecified atom stereocenters. The van der Waals surface area contributed by atoms with E-state index >= 15 is 0 Å². The second-order valence-electron chi connectivity index (χ2n) is 3.97. The zero-order chi connectivity index (χ0) is 13.2. The summed E-state index contributed by atoms with van der Waals surface area (Å²) < 4.78 is 23.5. The molecule has 0 fully saturated rings. The molecule has 3 nitrogen and oxygen atoms in total. The van der Waals surface area contributed by atoms with Gasteiger partial charge in [-0.2, -0.15) is 0 Å². The standard InChI is InChI=1S/C14H9ClFNO2/c15-11-6-10(2-3-12(11)16)17-7-9-1-4-13-14(5-9)19-8-18-13/h1-7H,8H2. The largest absolute Gasteiger partial charge is 0.454 e. The minimum absolute atomic E-state index is 0.0559. The van der Waals surface area contributed by atoms with Crippen molar-refractivity contribution in [3.8, 4) is 11.5 Å². The van der Waals surface area contributed by atoms with Gasteiger partial charge in [-0.1, -0.05) is 11.6 Å². The molecule has 1 aliphatic rings. The van der Waals surface area contributed by atoms with Gasteiger partial charge in [-0.25, -0.2) is 4.39 Å². The summed E-state index contributed by atoms with van der Waals surface area (Å²) in [6.45, 7) is 0.240. The van der Waals surface area contributed by atoms with Crippen LogP contribution in [-0.2, 0) is 0 Å². The average molecular weight is 278 g/mol. The predicted molar refractivity (Wildman–Crippen MR) is 71.2 cm³/mol. The van der Waals surface area contributed by atoms with E-state index in [1.54, 1.807) is 12.3 Å². The summed E-state index contributed by atoms with van der Waals surface area (Å²) in [5.41, 5.74) is 1.45. The van der Waals surface area contributed by atoms with Crippen LogP contribution >= 0.6 is 11.6 Å². The first kappa shape index (κ1) is 12.0. The van der Waals surface area contributed by atoms with Gasteiger partial charge in [0.15, 0.2) is 11.5 Å². The normalized spacial score (nSPS) is 13.2. The molecule has 0 saturated carbocycles. The zero-order valence-corrected chi connectivity index (χ0v) is 10.5. The van der Waals surface area contributed by atoms with Crippen LogP contribution in [0.2, 0.25) is 5.02 Å². The Kier molecular flexibility index (Phi) is 3.09. The lowest BCUT2D eigenvalue weighted by Crippen LogP contribution is -1.92. The first-order chi connectivity index (χ1) is 9.22. The Labute approximate surface area is 114 Å². The van der Waals surface area contributed by atoms with Crippen molar-refractivity contribution in [2.75, 3.05) is 6.79 Å². The molecule has 0 N–H and O–H groups in total. The summed E-state index contributed by atoms with van der Waals surface area (Å²) in [6.07, 6.45) is 1.66. The average Bonchev–Trinajstić information content (AvgIpc) is 2.87. The maximum Gasteiger partial charge on any atom is 0.231 e. The van der Waals surface area contributed by atoms with Crippen LogP contribution in [0.3, 0.4) is 0 Å². The molecule has 0 aliphatic carbocycles. The summed E-state index contributed by atoms with van der Waals surface area (Å²) >= 11 is 5.69. The van der Waals surface area contributed by atoms with E-state index in [2.05, 4.69) is 4.99 Å². The van der Waals surface area contributed by atoms with Crippen LogP contribution in [-0.4, -0.2) is 13.0 Å². The molecule has 5 heteroatoms. The minimum Gasteiger partial charge on any atom is -0.454 e. The molecule has 19 heavy (non-hydrogen) atoms. The van der Waals surface area contributed by atoms with E-state index in [-0.39, 0.29) is 11.8 Å². The number of rotatable bonds is 2. The fourth-order valence-electron chi connectivity index (χ4n) is 1.71. The van der Waals surface area contributed by atoms with E-state index < -0.39 is 5.82 Å². The number of ether oxygens (including phenoxy) is 2. The fraction of sp³-hybridized carbons (Fsp3) is 0.0714. The Bertz CT molecular complexity index is 658. The van der Waals surface area contributed by atoms with Crippen LogP contribution in [0, 0.1) is 5.82 Å². The van der Waals surface area contributed by atoms with Crippen LogP contribution in [0.25, 0.3) is 0 Å². The van der Waals surface area contributed by atoms with Gasteiger partial charge >= 0.3 is 0 Å². The number of benzene rings is 2. The first-order valence-electron chi connectivity index (χ1n) is 5.61. The maximum atomic E-state index is 13.0. The molecule has 1 aliphatic heterocycles. The molecule has 2 aromatic carbocycles. The minimum atomic E-state index is -0.455. The summed E-state index contributed by atoms with van der Waals surface area (Å²) in [7, 11) is 0. The van der Waals surface area contributed by atoms with Gasteiger partial charge in [0.2, 0.25) is 6.79 Å². The molecule has 0 bridgehead atoms. The third-order valence-electron chi connectivity index (χ3n) is 2.66. The lowest BCUT2D eigenvalue weighted by atomic mass is 10.2. The highest BCUT2D eigenvalue weighted by atomic mass is 35.5. The summed E-state index contributed by atoms with van der Waals surface area (Å²) in [5, 5.41) is 0.0559. The van der Waals surface area contributed by atoms with Gasteiger partial charge in [-0.05, 0) is 42.0 Å². The van der Waals surface area contributed by atoms with Gasteiger partial charge in [-0.3, -0.25) is 4.99 Å². The van der Waals surface area contributed by atoms with E-state index in [9.17, 15) is 4.39 Å². The Balaban J connectivity index is 1.84. The molecule has 0 saturated heterocycles. The van der Waals surface area contributed by atoms with Gasteiger partial charge in [0.05, 0.1) is 10.7 Å². The highest BCUT2D eigenvalue weighted by Crippen LogP contribution is 2.32. The number of nitrogens with zero attached hydrogens (tertiary/aromatic N) is 1. The SMILES string of the molecule is Fc1ccc(N=Cc2ccc3c(c2)OCO3)cc1Cl. The van der Waals surface area contributed by atoms with Crippen LogP contribution < -0.4 is 9.47 Å². The molecule has 96 valence electrons. The van der Waals surface area contributed by atoms with Crippen LogP contribution in [0.4, 0.5) is 10.1 Å². The van der Waals surface area contributed by atoms with Crippen molar-refractivity contribution in [1.29, 1.82) is 0 Å². The Morgan fingerprint density at radius 3 is 2.79 bits per heavy atom. The summed E-state index contributed by atoms with van der Waals surface area (Å²) in [6, 6.07) is 9.83. The van der Waals surface area contributed by atoms with E-state index in [0.29, 0.717) is 11.4 Å². The topological polar surface area (TPSA) is 30.8 Å². The van der Waals surface area contributed by atoms with Crippen molar-refractivity contribution in [3.63, 3.8) is 0 Å². The van der Waals surface area contributed by atoms with Gasteiger partial charge in [-0.15, -0.1) is 0 Å². The van der Waals surface area contributed by atoms with Gasteiger partial charge in [0.25, 0.3) is 0 Å². The van der Waals surface area contributed by atoms with Crippen molar-refractivity contribution in [3.05, 3.63) is 52.8 Å². The van der Waals surface area contributed by atoms with Crippen LogP contribution in [0.15, 0.2) is 41.4 Å². The lowest BCUT2D eigenvalue weighted by Gasteiger charge is -1.98. The number of hydrogen-bond acceptors (Lipinski definition) is 3. The molecule has 1 heterocycles. The van der Waals surface area contributed by atoms with Crippen molar-refractivity contribution in [2.24, 2.45) is 4.99 Å². The van der Waals surface area contributed by atoms with Crippen molar-refractivity contribution in [2.45, 2.75) is 0 Å². The number of halogens is 2. The monoisotopic (exact) mass is 277 g/mol. The smallest absolute Gasteiger partial charge is 0.231 e. The number of fused-ring (bicyclic) bond motifs is 1. The van der Waals surface area contributed by atoms with Gasteiger partial charge < -0.3 is 9.47 Å². The zero-order valence-electron chi connectivity index (χ0n) is 9.77. The molecule has 0 spiro atoms. The van der Waals surface area contributed by atoms with E-state index in [4.69, 9.17) is 21.1 Å². The van der Waals surface area contributed by atoms with Crippen molar-refractivity contribution < 1.29 is 13.9 Å². The number of hydrogen-bond donors (Lipinski definition) is 0. The second kappa shape index (κ2) is 4.90. The summed E-state index contributed by atoms with van der Waals surface area (Å²) in [5.74, 6) is 0.965. The van der Waals surface area contributed by atoms with Crippen LogP contribution in [0.1, 0.15) is 5.56 Å². The van der Waals surface area contributed by atoms with E-state index in [1.165, 1.54) is 12.1 Å². The fourth-order valence-corrected chi connectivity index (χ4v) is 1.88. The third kappa shape index (κ3) is 2.53. The molecule has 2 aromatic rings. The Hall–Kier alpha value is -2.07. The first-order valence-corrected chi connectivity index (χ1v) is 5.99. The lowest BCUT2D eigenvalue weighted by molar-refractivity contribution is 0.174. The third-order valence-corrected chi connectivity index (χ3v) is 2.95. The quantitative estimate of drug-likeness (QED) is 0.778. The van der Waals surface area contributed by atoms with Gasteiger partial charge in [0.1, 0.15) is 5.82 Å². The molecule has 0 radical (unpaired) electrons. The highest BCUT2D eigenvalue weighted by Gasteiger charge is 2.12. The van der Waals surface area contributed by atoms with Crippen molar-refractivity contribution in [1.82, 2.24) is 0 Å². The molecule has 0 atom stereocenters. The van der Waals surface area contributed by atoms with Crippen LogP contribution in [0.5, 0.6) is 11.5 Å². The molecule has 0 aromatic heterocycles. The molecule has 0 amide bonds. The molecule has 3 rings (SSSR count). The Morgan fingerprint density at radius 1 is 1.11 bits per heavy atom. The van der Waals surface area contributed by atoms with E-state index in [1.807, 2.05) is 18.2 Å². The maximum absolute atomic E-state index is 13.0. The second-order valence-corrected chi connectivity index (χ2v) is 4.38. The predicted octanol–water partition coefficient (Wildman–Crippen LogP) is 3.96. The van der Waals surface area contributed by atoms with Crippen molar-refractivity contribution >= 4 is 23.5 Å². The van der Waals surface area contributed by atoms with Gasteiger partial charge in [0, 0.05) is 6.21 Å². The molecular formula is C14H9ClFNO2. The highest BCUT2D eigenvalue weighted by molar-refractivity contribution is 6.31. The number of aliphatic imine (C=N–C) groups is 1.